The number of hydrogen-bond donors (Lipinski definition) is 1. The molecule has 0 atom stereocenters. The number of hydrazone groups is 1. The first-order valence-electron chi connectivity index (χ1n) is 6.53. The minimum absolute atomic E-state index is 0.276. The molecule has 0 saturated carbocycles. The normalized spacial score (nSPS) is 16.3. The second-order valence-corrected chi connectivity index (χ2v) is 5.36. The van der Waals surface area contributed by atoms with Crippen molar-refractivity contribution in [3.8, 4) is 0 Å². The van der Waals surface area contributed by atoms with Gasteiger partial charge in [0.15, 0.2) is 0 Å². The maximum Gasteiger partial charge on any atom is 0.150 e. The van der Waals surface area contributed by atoms with Crippen LogP contribution in [0.4, 0.5) is 5.00 Å². The van der Waals surface area contributed by atoms with Crippen LogP contribution in [0, 0.1) is 0 Å². The molecule has 3 heterocycles. The Morgan fingerprint density at radius 2 is 2.43 bits per heavy atom. The first kappa shape index (κ1) is 15.0. The third-order valence-corrected chi connectivity index (χ3v) is 3.76. The van der Waals surface area contributed by atoms with Crippen molar-refractivity contribution >= 4 is 39.6 Å². The molecule has 0 saturated heterocycles. The maximum absolute atomic E-state index is 11.0. The fourth-order valence-electron chi connectivity index (χ4n) is 1.96. The van der Waals surface area contributed by atoms with E-state index in [0.29, 0.717) is 28.6 Å². The zero-order chi connectivity index (χ0) is 16.2. The largest absolute Gasteiger partial charge is 0.543 e. The number of aliphatic carboxylic acids is 1. The van der Waals surface area contributed by atoms with E-state index < -0.39 is 5.97 Å². The van der Waals surface area contributed by atoms with Gasteiger partial charge in [0.1, 0.15) is 35.1 Å². The summed E-state index contributed by atoms with van der Waals surface area (Å²) in [6.07, 6.45) is 2.08. The van der Waals surface area contributed by atoms with E-state index >= 15 is 0 Å². The third-order valence-electron chi connectivity index (χ3n) is 2.94. The Morgan fingerprint density at radius 1 is 1.57 bits per heavy atom. The summed E-state index contributed by atoms with van der Waals surface area (Å²) in [6.45, 7) is 0. The number of rotatable bonds is 5. The highest BCUT2D eigenvalue weighted by atomic mass is 32.1. The summed E-state index contributed by atoms with van der Waals surface area (Å²) in [5.74, 6) is -0.0872. The molecule has 8 nitrogen and oxygen atoms in total. The van der Waals surface area contributed by atoms with Gasteiger partial charge >= 0.3 is 0 Å². The summed E-state index contributed by atoms with van der Waals surface area (Å²) in [7, 11) is 1.27. The highest BCUT2D eigenvalue weighted by Crippen LogP contribution is 2.25. The minimum atomic E-state index is -1.41. The Hall–Kier alpha value is -2.94. The van der Waals surface area contributed by atoms with E-state index in [1.165, 1.54) is 18.4 Å². The van der Waals surface area contributed by atoms with Crippen LogP contribution in [0.25, 0.3) is 0 Å². The molecule has 2 aromatic rings. The lowest BCUT2D eigenvalue weighted by Gasteiger charge is -2.02. The minimum Gasteiger partial charge on any atom is -0.543 e. The third kappa shape index (κ3) is 3.29. The number of amidine groups is 1. The van der Waals surface area contributed by atoms with Crippen molar-refractivity contribution in [3.63, 3.8) is 0 Å². The number of nitrogens with zero attached hydrogens (tertiary/aromatic N) is 3. The molecule has 2 aromatic heterocycles. The Balaban J connectivity index is 1.75. The average molecular weight is 331 g/mol. The molecule has 0 bridgehead atoms. The average Bonchev–Trinajstić information content (AvgIpc) is 3.26. The first-order valence-corrected chi connectivity index (χ1v) is 7.40. The molecule has 9 heteroatoms. The number of thiophene rings is 1. The van der Waals surface area contributed by atoms with E-state index in [4.69, 9.17) is 4.42 Å². The Labute approximate surface area is 134 Å². The van der Waals surface area contributed by atoms with Gasteiger partial charge in [-0.3, -0.25) is 5.43 Å². The van der Waals surface area contributed by atoms with Crippen molar-refractivity contribution in [2.45, 2.75) is 6.42 Å². The number of carboxylic acid groups (broad SMARTS) is 1. The maximum atomic E-state index is 11.0. The van der Waals surface area contributed by atoms with Crippen molar-refractivity contribution in [2.75, 3.05) is 7.11 Å². The van der Waals surface area contributed by atoms with E-state index in [9.17, 15) is 9.90 Å². The molecular weight excluding hydrogens is 320 g/mol. The smallest absolute Gasteiger partial charge is 0.150 e. The molecule has 23 heavy (non-hydrogen) atoms. The van der Waals surface area contributed by atoms with Crippen molar-refractivity contribution in [1.29, 1.82) is 0 Å². The van der Waals surface area contributed by atoms with Crippen molar-refractivity contribution < 1.29 is 19.2 Å². The number of nitrogens with one attached hydrogen (secondary N) is 1. The molecular formula is C14H11N4O4S-. The van der Waals surface area contributed by atoms with E-state index in [2.05, 4.69) is 25.5 Å². The predicted molar refractivity (Wildman–Crippen MR) is 83.0 cm³/mol. The van der Waals surface area contributed by atoms with Gasteiger partial charge in [-0.15, -0.1) is 11.3 Å². The van der Waals surface area contributed by atoms with Gasteiger partial charge in [0, 0.05) is 10.9 Å². The summed E-state index contributed by atoms with van der Waals surface area (Å²) in [5.41, 5.74) is 3.68. The van der Waals surface area contributed by atoms with Gasteiger partial charge in [0.2, 0.25) is 0 Å². The number of aliphatic imine (C=N–C) groups is 1. The van der Waals surface area contributed by atoms with Gasteiger partial charge in [0.25, 0.3) is 0 Å². The van der Waals surface area contributed by atoms with Gasteiger partial charge < -0.3 is 19.2 Å². The van der Waals surface area contributed by atoms with Crippen molar-refractivity contribution in [2.24, 2.45) is 15.2 Å². The van der Waals surface area contributed by atoms with Crippen LogP contribution < -0.4 is 10.5 Å². The molecule has 1 aliphatic rings. The highest BCUT2D eigenvalue weighted by Gasteiger charge is 2.17. The number of carboxylic acids is 1. The second-order valence-electron chi connectivity index (χ2n) is 4.47. The lowest BCUT2D eigenvalue weighted by atomic mass is 10.2. The van der Waals surface area contributed by atoms with Crippen LogP contribution in [0.2, 0.25) is 0 Å². The van der Waals surface area contributed by atoms with Gasteiger partial charge in [-0.05, 0) is 18.2 Å². The molecule has 3 rings (SSSR count). The number of carbonyl (C=O) groups excluding carboxylic acids is 1. The summed E-state index contributed by atoms with van der Waals surface area (Å²) in [6, 6.07) is 5.20. The zero-order valence-corrected chi connectivity index (χ0v) is 12.8. The summed E-state index contributed by atoms with van der Waals surface area (Å²) >= 11 is 1.28. The van der Waals surface area contributed by atoms with Crippen LogP contribution in [0.3, 0.4) is 0 Å². The van der Waals surface area contributed by atoms with Crippen LogP contribution in [-0.4, -0.2) is 30.3 Å². The fraction of sp³-hybridized carbons (Fsp3) is 0.143. The van der Waals surface area contributed by atoms with Crippen molar-refractivity contribution in [3.05, 3.63) is 41.2 Å². The molecule has 1 N–H and O–H groups in total. The van der Waals surface area contributed by atoms with E-state index in [0.717, 1.165) is 5.71 Å². The monoisotopic (exact) mass is 331 g/mol. The SMILES string of the molecule is CO/N=C(/C(=O)[O-])c1csc(/N=C2\CC(c3ccco3)=NN2)c1. The van der Waals surface area contributed by atoms with Crippen LogP contribution >= 0.6 is 11.3 Å². The summed E-state index contributed by atoms with van der Waals surface area (Å²) in [5, 5.41) is 20.9. The molecule has 0 aliphatic carbocycles. The molecule has 0 radical (unpaired) electrons. The van der Waals surface area contributed by atoms with Gasteiger partial charge in [-0.25, -0.2) is 4.99 Å². The molecule has 0 aromatic carbocycles. The zero-order valence-electron chi connectivity index (χ0n) is 12.0. The Morgan fingerprint density at radius 3 is 3.13 bits per heavy atom. The lowest BCUT2D eigenvalue weighted by molar-refractivity contribution is -0.294. The van der Waals surface area contributed by atoms with E-state index in [1.54, 1.807) is 23.8 Å². The van der Waals surface area contributed by atoms with Gasteiger partial charge in [0.05, 0.1) is 18.7 Å². The van der Waals surface area contributed by atoms with E-state index in [-0.39, 0.29) is 5.71 Å². The van der Waals surface area contributed by atoms with Crippen LogP contribution in [-0.2, 0) is 9.63 Å². The quantitative estimate of drug-likeness (QED) is 0.645. The highest BCUT2D eigenvalue weighted by molar-refractivity contribution is 7.14. The Kier molecular flexibility index (Phi) is 4.20. The van der Waals surface area contributed by atoms with E-state index in [1.807, 2.05) is 6.07 Å². The number of furan rings is 1. The predicted octanol–water partition coefficient (Wildman–Crippen LogP) is 0.869. The molecule has 0 spiro atoms. The number of hydrogen-bond acceptors (Lipinski definition) is 8. The summed E-state index contributed by atoms with van der Waals surface area (Å²) < 4.78 is 5.28. The molecule has 0 amide bonds. The van der Waals surface area contributed by atoms with Crippen LogP contribution in [0.5, 0.6) is 0 Å². The first-order chi connectivity index (χ1) is 11.2. The van der Waals surface area contributed by atoms with Crippen LogP contribution in [0.1, 0.15) is 17.7 Å². The standard InChI is InChI=1S/C14H12N4O4S/c1-21-18-13(14(19)20)8-5-12(23-7-8)15-11-6-9(16-17-11)10-3-2-4-22-10/h2-5,7H,6H2,1H3,(H,15,17)(H,19,20)/p-1/b18-13+. The van der Waals surface area contributed by atoms with Gasteiger partial charge in [-0.1, -0.05) is 5.16 Å². The molecule has 0 unspecified atom stereocenters. The molecule has 0 fully saturated rings. The molecule has 1 aliphatic heterocycles. The second kappa shape index (κ2) is 6.44. The number of carbonyl (C=O) groups is 1. The topological polar surface area (TPSA) is 112 Å². The molecule has 118 valence electrons. The van der Waals surface area contributed by atoms with Gasteiger partial charge in [-0.2, -0.15) is 5.10 Å². The Bertz CT molecular complexity index is 805. The summed E-state index contributed by atoms with van der Waals surface area (Å²) in [4.78, 5) is 19.9. The fourth-order valence-corrected chi connectivity index (χ4v) is 2.74. The van der Waals surface area contributed by atoms with Crippen LogP contribution in [0.15, 0.2) is 49.5 Å². The number of oxime groups is 1. The lowest BCUT2D eigenvalue weighted by Crippen LogP contribution is -2.32. The van der Waals surface area contributed by atoms with Crippen molar-refractivity contribution in [1.82, 2.24) is 5.43 Å².